The van der Waals surface area contributed by atoms with E-state index in [0.717, 1.165) is 17.8 Å². The SMILES string of the molecule is CCCN1CCN(CC2CCC(C(C)C)CC2)CC1. The van der Waals surface area contributed by atoms with E-state index in [1.165, 1.54) is 71.4 Å². The van der Waals surface area contributed by atoms with Crippen LogP contribution in [0.15, 0.2) is 0 Å². The van der Waals surface area contributed by atoms with Crippen LogP contribution >= 0.6 is 0 Å². The maximum atomic E-state index is 2.73. The molecule has 1 saturated heterocycles. The van der Waals surface area contributed by atoms with Crippen LogP contribution in [-0.4, -0.2) is 49.1 Å². The van der Waals surface area contributed by atoms with Crippen molar-refractivity contribution in [3.63, 3.8) is 0 Å². The van der Waals surface area contributed by atoms with Crippen LogP contribution in [0, 0.1) is 17.8 Å². The summed E-state index contributed by atoms with van der Waals surface area (Å²) in [5.74, 6) is 2.91. The van der Waals surface area contributed by atoms with Crippen LogP contribution in [0.5, 0.6) is 0 Å². The first-order chi connectivity index (χ1) is 9.19. The molecule has 2 fully saturated rings. The summed E-state index contributed by atoms with van der Waals surface area (Å²) in [6.07, 6.45) is 7.24. The summed E-state index contributed by atoms with van der Waals surface area (Å²) in [6.45, 7) is 15.0. The van der Waals surface area contributed by atoms with Gasteiger partial charge >= 0.3 is 0 Å². The van der Waals surface area contributed by atoms with Gasteiger partial charge in [-0.3, -0.25) is 0 Å². The predicted molar refractivity (Wildman–Crippen MR) is 83.5 cm³/mol. The molecule has 1 saturated carbocycles. The third-order valence-electron chi connectivity index (χ3n) is 5.36. The normalized spacial score (nSPS) is 30.9. The average molecular weight is 266 g/mol. The molecule has 0 aromatic heterocycles. The highest BCUT2D eigenvalue weighted by Crippen LogP contribution is 2.33. The van der Waals surface area contributed by atoms with Gasteiger partial charge in [0.2, 0.25) is 0 Å². The Bertz CT molecular complexity index is 236. The minimum Gasteiger partial charge on any atom is -0.301 e. The molecule has 0 aromatic rings. The highest BCUT2D eigenvalue weighted by atomic mass is 15.3. The smallest absolute Gasteiger partial charge is 0.0110 e. The van der Waals surface area contributed by atoms with Gasteiger partial charge in [-0.2, -0.15) is 0 Å². The molecular formula is C17H34N2. The van der Waals surface area contributed by atoms with Gasteiger partial charge in [0.25, 0.3) is 0 Å². The maximum Gasteiger partial charge on any atom is 0.0110 e. The summed E-state index contributed by atoms with van der Waals surface area (Å²) < 4.78 is 0. The number of nitrogens with zero attached hydrogens (tertiary/aromatic N) is 2. The van der Waals surface area contributed by atoms with Crippen molar-refractivity contribution >= 4 is 0 Å². The Morgan fingerprint density at radius 3 is 2.00 bits per heavy atom. The molecule has 0 amide bonds. The second-order valence-corrected chi connectivity index (χ2v) is 7.17. The minimum atomic E-state index is 0.901. The molecule has 1 aliphatic carbocycles. The summed E-state index contributed by atoms with van der Waals surface area (Å²) in [5, 5.41) is 0. The number of rotatable bonds is 5. The lowest BCUT2D eigenvalue weighted by molar-refractivity contribution is 0.101. The Hall–Kier alpha value is -0.0800. The van der Waals surface area contributed by atoms with E-state index in [1.54, 1.807) is 0 Å². The first-order valence-electron chi connectivity index (χ1n) is 8.63. The van der Waals surface area contributed by atoms with Gasteiger partial charge in [0, 0.05) is 32.7 Å². The van der Waals surface area contributed by atoms with E-state index in [9.17, 15) is 0 Å². The number of hydrogen-bond acceptors (Lipinski definition) is 2. The summed E-state index contributed by atoms with van der Waals surface area (Å²) in [7, 11) is 0. The van der Waals surface area contributed by atoms with Crippen molar-refractivity contribution in [2.45, 2.75) is 52.9 Å². The van der Waals surface area contributed by atoms with Crippen LogP contribution in [0.4, 0.5) is 0 Å². The molecule has 2 aliphatic rings. The topological polar surface area (TPSA) is 6.48 Å². The van der Waals surface area contributed by atoms with E-state index < -0.39 is 0 Å². The van der Waals surface area contributed by atoms with Gasteiger partial charge in [-0.05, 0) is 56.4 Å². The Morgan fingerprint density at radius 1 is 0.895 bits per heavy atom. The van der Waals surface area contributed by atoms with Crippen molar-refractivity contribution in [1.29, 1.82) is 0 Å². The monoisotopic (exact) mass is 266 g/mol. The van der Waals surface area contributed by atoms with Crippen molar-refractivity contribution < 1.29 is 0 Å². The molecule has 2 heteroatoms. The van der Waals surface area contributed by atoms with E-state index in [0.29, 0.717) is 0 Å². The van der Waals surface area contributed by atoms with E-state index >= 15 is 0 Å². The van der Waals surface area contributed by atoms with Crippen molar-refractivity contribution in [2.24, 2.45) is 17.8 Å². The second-order valence-electron chi connectivity index (χ2n) is 7.17. The molecule has 0 unspecified atom stereocenters. The standard InChI is InChI=1S/C17H34N2/c1-4-9-18-10-12-19(13-11-18)14-16-5-7-17(8-6-16)15(2)3/h15-17H,4-14H2,1-3H3. The zero-order valence-electron chi connectivity index (χ0n) is 13.4. The zero-order valence-corrected chi connectivity index (χ0v) is 13.4. The molecule has 0 aromatic carbocycles. The van der Waals surface area contributed by atoms with Gasteiger partial charge in [-0.15, -0.1) is 0 Å². The Balaban J connectivity index is 1.64. The van der Waals surface area contributed by atoms with Crippen LogP contribution in [0.3, 0.4) is 0 Å². The second kappa shape index (κ2) is 7.64. The van der Waals surface area contributed by atoms with Crippen molar-refractivity contribution in [2.75, 3.05) is 39.3 Å². The number of piperazine rings is 1. The van der Waals surface area contributed by atoms with Crippen molar-refractivity contribution in [3.05, 3.63) is 0 Å². The molecule has 1 heterocycles. The molecule has 0 radical (unpaired) electrons. The van der Waals surface area contributed by atoms with Crippen LogP contribution < -0.4 is 0 Å². The summed E-state index contributed by atoms with van der Waals surface area (Å²) in [4.78, 5) is 5.36. The summed E-state index contributed by atoms with van der Waals surface area (Å²) in [5.41, 5.74) is 0. The lowest BCUT2D eigenvalue weighted by Gasteiger charge is -2.38. The van der Waals surface area contributed by atoms with Crippen LogP contribution in [0.2, 0.25) is 0 Å². The van der Waals surface area contributed by atoms with Crippen LogP contribution in [0.1, 0.15) is 52.9 Å². The van der Waals surface area contributed by atoms with Crippen LogP contribution in [-0.2, 0) is 0 Å². The van der Waals surface area contributed by atoms with Gasteiger partial charge in [0.05, 0.1) is 0 Å². The third-order valence-corrected chi connectivity index (χ3v) is 5.36. The number of hydrogen-bond donors (Lipinski definition) is 0. The first kappa shape index (κ1) is 15.3. The molecule has 1 aliphatic heterocycles. The first-order valence-corrected chi connectivity index (χ1v) is 8.63. The fourth-order valence-electron chi connectivity index (χ4n) is 3.91. The third kappa shape index (κ3) is 4.75. The quantitative estimate of drug-likeness (QED) is 0.752. The Morgan fingerprint density at radius 2 is 1.47 bits per heavy atom. The Kier molecular flexibility index (Phi) is 6.15. The van der Waals surface area contributed by atoms with E-state index in [2.05, 4.69) is 30.6 Å². The van der Waals surface area contributed by atoms with E-state index in [-0.39, 0.29) is 0 Å². The average Bonchev–Trinajstić information content (AvgIpc) is 2.42. The van der Waals surface area contributed by atoms with Crippen molar-refractivity contribution in [1.82, 2.24) is 9.80 Å². The molecule has 0 bridgehead atoms. The van der Waals surface area contributed by atoms with E-state index in [4.69, 9.17) is 0 Å². The largest absolute Gasteiger partial charge is 0.301 e. The zero-order chi connectivity index (χ0) is 13.7. The maximum absolute atomic E-state index is 2.73. The summed E-state index contributed by atoms with van der Waals surface area (Å²) in [6, 6.07) is 0. The lowest BCUT2D eigenvalue weighted by Crippen LogP contribution is -2.48. The van der Waals surface area contributed by atoms with Gasteiger partial charge in [-0.25, -0.2) is 0 Å². The van der Waals surface area contributed by atoms with Crippen molar-refractivity contribution in [3.8, 4) is 0 Å². The minimum absolute atomic E-state index is 0.901. The molecular weight excluding hydrogens is 232 g/mol. The van der Waals surface area contributed by atoms with Gasteiger partial charge in [-0.1, -0.05) is 20.8 Å². The molecule has 2 rings (SSSR count). The predicted octanol–water partition coefficient (Wildman–Crippen LogP) is 3.48. The Labute approximate surface area is 120 Å². The molecule has 2 nitrogen and oxygen atoms in total. The lowest BCUT2D eigenvalue weighted by atomic mass is 9.77. The molecule has 112 valence electrons. The summed E-state index contributed by atoms with van der Waals surface area (Å²) >= 11 is 0. The molecule has 0 N–H and O–H groups in total. The van der Waals surface area contributed by atoms with Gasteiger partial charge < -0.3 is 9.80 Å². The molecule has 0 atom stereocenters. The highest BCUT2D eigenvalue weighted by Gasteiger charge is 2.25. The van der Waals surface area contributed by atoms with Gasteiger partial charge in [0.15, 0.2) is 0 Å². The van der Waals surface area contributed by atoms with E-state index in [1.807, 2.05) is 0 Å². The fourth-order valence-corrected chi connectivity index (χ4v) is 3.91. The molecule has 0 spiro atoms. The molecule has 19 heavy (non-hydrogen) atoms. The van der Waals surface area contributed by atoms with Crippen LogP contribution in [0.25, 0.3) is 0 Å². The fraction of sp³-hybridized carbons (Fsp3) is 1.00. The van der Waals surface area contributed by atoms with Gasteiger partial charge in [0.1, 0.15) is 0 Å². The highest BCUT2D eigenvalue weighted by molar-refractivity contribution is 4.79.